The first kappa shape index (κ1) is 9.20. The molecule has 0 aromatic heterocycles. The minimum atomic E-state index is -0.0857. The number of methoxy groups -OCH3 is 2. The van der Waals surface area contributed by atoms with Gasteiger partial charge in [0, 0.05) is 0 Å². The van der Waals surface area contributed by atoms with Crippen LogP contribution in [0.1, 0.15) is 0 Å². The Kier molecular flexibility index (Phi) is 2.60. The highest BCUT2D eigenvalue weighted by molar-refractivity contribution is 5.62. The summed E-state index contributed by atoms with van der Waals surface area (Å²) >= 11 is 0. The van der Waals surface area contributed by atoms with E-state index in [1.165, 1.54) is 26.4 Å². The highest BCUT2D eigenvalue weighted by Gasteiger charge is 2.10. The van der Waals surface area contributed by atoms with Gasteiger partial charge in [-0.25, -0.2) is 4.85 Å². The van der Waals surface area contributed by atoms with Crippen LogP contribution in [-0.2, 0) is 0 Å². The van der Waals surface area contributed by atoms with Gasteiger partial charge in [0.2, 0.25) is 0 Å². The molecule has 0 aliphatic rings. The second kappa shape index (κ2) is 3.68. The molecule has 0 saturated carbocycles. The normalized spacial score (nSPS) is 9.00. The quantitative estimate of drug-likeness (QED) is 0.705. The maximum atomic E-state index is 9.46. The van der Waals surface area contributed by atoms with Gasteiger partial charge in [0.1, 0.15) is 0 Å². The fraction of sp³-hybridized carbons (Fsp3) is 0.222. The molecule has 4 nitrogen and oxygen atoms in total. The molecule has 0 radical (unpaired) electrons. The van der Waals surface area contributed by atoms with Gasteiger partial charge in [-0.1, -0.05) is 0 Å². The Hall–Kier alpha value is -1.89. The molecule has 1 aromatic rings. The number of hydrogen-bond donors (Lipinski definition) is 1. The summed E-state index contributed by atoms with van der Waals surface area (Å²) in [4.78, 5) is 3.21. The summed E-state index contributed by atoms with van der Waals surface area (Å²) in [6.07, 6.45) is 0. The van der Waals surface area contributed by atoms with Crippen LogP contribution in [0.25, 0.3) is 4.85 Å². The molecule has 0 heterocycles. The molecule has 0 bridgehead atoms. The number of nitrogens with zero attached hydrogens (tertiary/aromatic N) is 1. The molecule has 0 aliphatic carbocycles. The molecule has 1 rings (SSSR count). The van der Waals surface area contributed by atoms with Gasteiger partial charge in [-0.3, -0.25) is 0 Å². The van der Waals surface area contributed by atoms with Crippen LogP contribution in [0.4, 0.5) is 5.69 Å². The Balaban J connectivity index is 3.30. The van der Waals surface area contributed by atoms with E-state index in [0.29, 0.717) is 5.69 Å². The standard InChI is InChI=1S/C9H9NO3/c1-10-6-4-7(12-2)9(11)8(5-6)13-3/h4-5,11H,2-3H3. The minimum Gasteiger partial charge on any atom is -0.502 e. The predicted molar refractivity (Wildman–Crippen MR) is 47.5 cm³/mol. The largest absolute Gasteiger partial charge is 0.502 e. The van der Waals surface area contributed by atoms with Gasteiger partial charge in [0.05, 0.1) is 20.8 Å². The first-order valence-corrected chi connectivity index (χ1v) is 3.55. The average Bonchev–Trinajstić information content (AvgIpc) is 2.18. The summed E-state index contributed by atoms with van der Waals surface area (Å²) in [5, 5.41) is 9.46. The number of hydrogen-bond acceptors (Lipinski definition) is 3. The van der Waals surface area contributed by atoms with Crippen molar-refractivity contribution in [3.63, 3.8) is 0 Å². The summed E-state index contributed by atoms with van der Waals surface area (Å²) in [6, 6.07) is 2.90. The highest BCUT2D eigenvalue weighted by Crippen LogP contribution is 2.39. The van der Waals surface area contributed by atoms with Crippen molar-refractivity contribution in [2.75, 3.05) is 14.2 Å². The van der Waals surface area contributed by atoms with E-state index in [2.05, 4.69) is 4.85 Å². The van der Waals surface area contributed by atoms with Gasteiger partial charge in [-0.15, -0.1) is 0 Å². The summed E-state index contributed by atoms with van der Waals surface area (Å²) in [6.45, 7) is 6.79. The second-order valence-corrected chi connectivity index (χ2v) is 2.31. The van der Waals surface area contributed by atoms with Crippen LogP contribution >= 0.6 is 0 Å². The van der Waals surface area contributed by atoms with Crippen LogP contribution < -0.4 is 9.47 Å². The predicted octanol–water partition coefficient (Wildman–Crippen LogP) is 1.96. The molecule has 0 saturated heterocycles. The maximum Gasteiger partial charge on any atom is 0.198 e. The van der Waals surface area contributed by atoms with Gasteiger partial charge >= 0.3 is 0 Å². The fourth-order valence-electron chi connectivity index (χ4n) is 0.944. The lowest BCUT2D eigenvalue weighted by atomic mass is 10.2. The molecule has 0 fully saturated rings. The smallest absolute Gasteiger partial charge is 0.198 e. The SMILES string of the molecule is [C-]#[N+]c1cc(OC)c(O)c(OC)c1. The van der Waals surface area contributed by atoms with Crippen molar-refractivity contribution >= 4 is 5.69 Å². The van der Waals surface area contributed by atoms with Gasteiger partial charge in [-0.2, -0.15) is 0 Å². The monoisotopic (exact) mass is 179 g/mol. The molecule has 4 heteroatoms. The van der Waals surface area contributed by atoms with Gasteiger partial charge in [0.25, 0.3) is 0 Å². The Morgan fingerprint density at radius 3 is 2.00 bits per heavy atom. The van der Waals surface area contributed by atoms with Crippen LogP contribution in [0.2, 0.25) is 0 Å². The van der Waals surface area contributed by atoms with E-state index < -0.39 is 0 Å². The van der Waals surface area contributed by atoms with Crippen LogP contribution in [0, 0.1) is 6.57 Å². The lowest BCUT2D eigenvalue weighted by Crippen LogP contribution is -1.87. The van der Waals surface area contributed by atoms with Crippen molar-refractivity contribution in [3.05, 3.63) is 23.5 Å². The second-order valence-electron chi connectivity index (χ2n) is 2.31. The molecular weight excluding hydrogens is 170 g/mol. The maximum absolute atomic E-state index is 9.46. The lowest BCUT2D eigenvalue weighted by molar-refractivity contribution is 0.340. The summed E-state index contributed by atoms with van der Waals surface area (Å²) in [5.74, 6) is 0.396. The summed E-state index contributed by atoms with van der Waals surface area (Å²) in [7, 11) is 2.84. The zero-order chi connectivity index (χ0) is 9.84. The molecule has 1 N–H and O–H groups in total. The molecule has 13 heavy (non-hydrogen) atoms. The van der Waals surface area contributed by atoms with Crippen LogP contribution in [-0.4, -0.2) is 19.3 Å². The van der Waals surface area contributed by atoms with Crippen LogP contribution in [0.3, 0.4) is 0 Å². The van der Waals surface area contributed by atoms with Gasteiger partial charge < -0.3 is 14.6 Å². The van der Waals surface area contributed by atoms with Crippen molar-refractivity contribution < 1.29 is 14.6 Å². The molecule has 1 aromatic carbocycles. The fourth-order valence-corrected chi connectivity index (χ4v) is 0.944. The lowest BCUT2D eigenvalue weighted by Gasteiger charge is -2.08. The van der Waals surface area contributed by atoms with Crippen LogP contribution in [0.15, 0.2) is 12.1 Å². The van der Waals surface area contributed by atoms with Crippen molar-refractivity contribution in [1.82, 2.24) is 0 Å². The molecule has 0 unspecified atom stereocenters. The van der Waals surface area contributed by atoms with E-state index in [4.69, 9.17) is 16.0 Å². The van der Waals surface area contributed by atoms with Crippen LogP contribution in [0.5, 0.6) is 17.2 Å². The zero-order valence-electron chi connectivity index (χ0n) is 7.37. The Morgan fingerprint density at radius 2 is 1.69 bits per heavy atom. The molecule has 0 atom stereocenters. The van der Waals surface area contributed by atoms with E-state index in [0.717, 1.165) is 0 Å². The Labute approximate surface area is 76.2 Å². The number of rotatable bonds is 2. The van der Waals surface area contributed by atoms with Crippen molar-refractivity contribution in [1.29, 1.82) is 0 Å². The van der Waals surface area contributed by atoms with Crippen molar-refractivity contribution in [2.24, 2.45) is 0 Å². The topological polar surface area (TPSA) is 43.0 Å². The van der Waals surface area contributed by atoms with Crippen molar-refractivity contribution in [3.8, 4) is 17.2 Å². The molecular formula is C9H9NO3. The third kappa shape index (κ3) is 1.64. The number of ether oxygens (including phenoxy) is 2. The average molecular weight is 179 g/mol. The molecule has 0 aliphatic heterocycles. The van der Waals surface area contributed by atoms with E-state index >= 15 is 0 Å². The number of aromatic hydroxyl groups is 1. The van der Waals surface area contributed by atoms with E-state index in [-0.39, 0.29) is 17.2 Å². The number of phenolic OH excluding ortho intramolecular Hbond substituents is 1. The Morgan fingerprint density at radius 1 is 1.23 bits per heavy atom. The number of benzene rings is 1. The first-order valence-electron chi connectivity index (χ1n) is 3.55. The first-order chi connectivity index (χ1) is 6.22. The van der Waals surface area contributed by atoms with Crippen molar-refractivity contribution in [2.45, 2.75) is 0 Å². The minimum absolute atomic E-state index is 0.0857. The highest BCUT2D eigenvalue weighted by atomic mass is 16.5. The zero-order valence-corrected chi connectivity index (χ0v) is 7.37. The molecule has 0 amide bonds. The molecule has 0 spiro atoms. The number of phenols is 1. The van der Waals surface area contributed by atoms with Gasteiger partial charge in [-0.05, 0) is 12.1 Å². The summed E-state index contributed by atoms with van der Waals surface area (Å²) in [5.41, 5.74) is 0.367. The van der Waals surface area contributed by atoms with E-state index in [9.17, 15) is 5.11 Å². The third-order valence-corrected chi connectivity index (χ3v) is 1.59. The molecule has 68 valence electrons. The summed E-state index contributed by atoms with van der Waals surface area (Å²) < 4.78 is 9.71. The van der Waals surface area contributed by atoms with E-state index in [1.807, 2.05) is 0 Å². The Bertz CT molecular complexity index is 329. The van der Waals surface area contributed by atoms with E-state index in [1.54, 1.807) is 0 Å². The third-order valence-electron chi connectivity index (χ3n) is 1.59. The van der Waals surface area contributed by atoms with Gasteiger partial charge in [0.15, 0.2) is 22.9 Å².